The normalized spacial score (nSPS) is 10.2. The van der Waals surface area contributed by atoms with Crippen molar-refractivity contribution in [2.45, 2.75) is 90.9 Å². The number of rotatable bonds is 16. The Bertz CT molecular complexity index is 1110. The van der Waals surface area contributed by atoms with E-state index in [0.29, 0.717) is 5.82 Å². The summed E-state index contributed by atoms with van der Waals surface area (Å²) in [6.07, 6.45) is 18.6. The fourth-order valence-corrected chi connectivity index (χ4v) is 4.14. The van der Waals surface area contributed by atoms with Crippen LogP contribution in [-0.4, -0.2) is 23.2 Å². The van der Waals surface area contributed by atoms with Crippen LogP contribution in [0.25, 0.3) is 0 Å². The number of ether oxygens (including phenoxy) is 2. The summed E-state index contributed by atoms with van der Waals surface area (Å²) in [6, 6.07) is 15.8. The van der Waals surface area contributed by atoms with E-state index in [1.807, 2.05) is 48.5 Å². The first-order valence-corrected chi connectivity index (χ1v) is 15.1. The molecule has 4 heteroatoms. The molecule has 3 aromatic rings. The van der Waals surface area contributed by atoms with E-state index in [9.17, 15) is 0 Å². The first-order valence-electron chi connectivity index (χ1n) is 15.1. The Balaban J connectivity index is 1.39. The van der Waals surface area contributed by atoms with Crippen LogP contribution >= 0.6 is 0 Å². The molecule has 1 aromatic heterocycles. The Kier molecular flexibility index (Phi) is 14.9. The maximum Gasteiger partial charge on any atom is 0.205 e. The molecule has 0 saturated heterocycles. The molecule has 0 atom stereocenters. The van der Waals surface area contributed by atoms with Crippen LogP contribution in [0.4, 0.5) is 0 Å². The number of hydrogen-bond acceptors (Lipinski definition) is 4. The largest absolute Gasteiger partial charge is 0.494 e. The summed E-state index contributed by atoms with van der Waals surface area (Å²) in [5.74, 6) is 14.7. The topological polar surface area (TPSA) is 44.2 Å². The van der Waals surface area contributed by atoms with Gasteiger partial charge in [-0.1, -0.05) is 95.8 Å². The smallest absolute Gasteiger partial charge is 0.205 e. The van der Waals surface area contributed by atoms with Crippen molar-refractivity contribution in [2.75, 3.05) is 13.2 Å². The molecule has 0 saturated carbocycles. The highest BCUT2D eigenvalue weighted by molar-refractivity contribution is 5.44. The van der Waals surface area contributed by atoms with E-state index >= 15 is 0 Å². The summed E-state index contributed by atoms with van der Waals surface area (Å²) in [5, 5.41) is 0. The first kappa shape index (κ1) is 30.8. The molecule has 3 rings (SSSR count). The third-order valence-electron chi connectivity index (χ3n) is 6.56. The number of unbranched alkanes of at least 4 members (excludes halogenated alkanes) is 10. The fourth-order valence-electron chi connectivity index (χ4n) is 4.14. The maximum absolute atomic E-state index is 5.85. The zero-order valence-electron chi connectivity index (χ0n) is 24.4. The zero-order valence-corrected chi connectivity index (χ0v) is 24.4. The van der Waals surface area contributed by atoms with Gasteiger partial charge in [0.05, 0.1) is 18.8 Å². The Morgan fingerprint density at radius 3 is 1.35 bits per heavy atom. The maximum atomic E-state index is 5.85. The number of hydrogen-bond donors (Lipinski definition) is 0. The summed E-state index contributed by atoms with van der Waals surface area (Å²) in [4.78, 5) is 8.69. The lowest BCUT2D eigenvalue weighted by Crippen LogP contribution is -1.97. The summed E-state index contributed by atoms with van der Waals surface area (Å²) in [5.41, 5.74) is 2.58. The minimum absolute atomic E-state index is 0.473. The predicted molar refractivity (Wildman–Crippen MR) is 165 cm³/mol. The van der Waals surface area contributed by atoms with Crippen molar-refractivity contribution in [3.63, 3.8) is 0 Å². The van der Waals surface area contributed by atoms with Gasteiger partial charge in [0.15, 0.2) is 0 Å². The Morgan fingerprint density at radius 2 is 0.875 bits per heavy atom. The Hall–Kier alpha value is -3.76. The van der Waals surface area contributed by atoms with E-state index in [-0.39, 0.29) is 0 Å². The zero-order chi connectivity index (χ0) is 28.1. The van der Waals surface area contributed by atoms with Crippen LogP contribution in [0, 0.1) is 23.7 Å². The molecule has 0 aliphatic carbocycles. The third-order valence-corrected chi connectivity index (χ3v) is 6.56. The van der Waals surface area contributed by atoms with Gasteiger partial charge in [-0.2, -0.15) is 0 Å². The molecule has 0 amide bonds. The number of nitrogens with zero attached hydrogens (tertiary/aromatic N) is 2. The average molecular weight is 537 g/mol. The molecule has 4 nitrogen and oxygen atoms in total. The van der Waals surface area contributed by atoms with Gasteiger partial charge in [-0.25, -0.2) is 9.97 Å². The molecule has 0 aliphatic heterocycles. The Labute approximate surface area is 242 Å². The van der Waals surface area contributed by atoms with Crippen molar-refractivity contribution in [3.8, 4) is 35.2 Å². The second kappa shape index (κ2) is 19.3. The van der Waals surface area contributed by atoms with Gasteiger partial charge < -0.3 is 9.47 Å². The highest BCUT2D eigenvalue weighted by Crippen LogP contribution is 2.14. The van der Waals surface area contributed by atoms with Gasteiger partial charge in [-0.05, 0) is 67.3 Å². The lowest BCUT2D eigenvalue weighted by molar-refractivity contribution is 0.304. The quantitative estimate of drug-likeness (QED) is 0.136. The van der Waals surface area contributed by atoms with Gasteiger partial charge in [0.1, 0.15) is 11.5 Å². The van der Waals surface area contributed by atoms with Crippen LogP contribution in [0.3, 0.4) is 0 Å². The van der Waals surface area contributed by atoms with Gasteiger partial charge in [0.25, 0.3) is 0 Å². The third kappa shape index (κ3) is 12.9. The van der Waals surface area contributed by atoms with E-state index in [1.54, 1.807) is 12.4 Å². The summed E-state index contributed by atoms with van der Waals surface area (Å²) in [6.45, 7) is 6.01. The average Bonchev–Trinajstić information content (AvgIpc) is 3.00. The molecular weight excluding hydrogens is 492 g/mol. The number of benzene rings is 2. The van der Waals surface area contributed by atoms with Crippen molar-refractivity contribution >= 4 is 0 Å². The van der Waals surface area contributed by atoms with Crippen molar-refractivity contribution in [2.24, 2.45) is 0 Å². The van der Waals surface area contributed by atoms with Gasteiger partial charge in [-0.15, -0.1) is 0 Å². The molecule has 0 fully saturated rings. The summed E-state index contributed by atoms with van der Waals surface area (Å²) < 4.78 is 11.7. The minimum Gasteiger partial charge on any atom is -0.494 e. The molecule has 2 aromatic carbocycles. The van der Waals surface area contributed by atoms with Crippen LogP contribution in [0.5, 0.6) is 11.5 Å². The monoisotopic (exact) mass is 536 g/mol. The van der Waals surface area contributed by atoms with E-state index in [4.69, 9.17) is 9.47 Å². The van der Waals surface area contributed by atoms with Crippen LogP contribution < -0.4 is 9.47 Å². The molecule has 0 bridgehead atoms. The van der Waals surface area contributed by atoms with Crippen LogP contribution in [-0.2, 0) is 0 Å². The molecule has 1 heterocycles. The van der Waals surface area contributed by atoms with E-state index in [1.165, 1.54) is 64.2 Å². The van der Waals surface area contributed by atoms with E-state index in [0.717, 1.165) is 54.2 Å². The highest BCUT2D eigenvalue weighted by Gasteiger charge is 1.98. The molecule has 0 radical (unpaired) electrons. The SMILES string of the molecule is CCCCCCCCOc1ccc(C#Cc2cnc(C#Cc3ccc(OCCCCCCCC)cc3)nc2)cc1. The van der Waals surface area contributed by atoms with Gasteiger partial charge in [0.2, 0.25) is 5.82 Å². The van der Waals surface area contributed by atoms with Gasteiger partial charge in [0, 0.05) is 23.5 Å². The van der Waals surface area contributed by atoms with Gasteiger partial charge in [-0.3, -0.25) is 0 Å². The minimum atomic E-state index is 0.473. The van der Waals surface area contributed by atoms with Crippen LogP contribution in [0.2, 0.25) is 0 Å². The molecule has 210 valence electrons. The lowest BCUT2D eigenvalue weighted by atomic mass is 10.1. The lowest BCUT2D eigenvalue weighted by Gasteiger charge is -2.06. The highest BCUT2D eigenvalue weighted by atomic mass is 16.5. The number of aromatic nitrogens is 2. The molecular formula is C36H44N2O2. The fraction of sp³-hybridized carbons (Fsp3) is 0.444. The predicted octanol–water partition coefficient (Wildman–Crippen LogP) is 8.75. The molecule has 0 aliphatic rings. The standard InChI is InChI=1S/C36H44N2O2/c1-3-5-7-9-11-13-27-39-34-22-17-31(18-23-34)15-16-33-29-37-36(38-30-33)26-21-32-19-24-35(25-20-32)40-28-14-12-10-8-6-4-2/h17-20,22-25,29-30H,3-14,27-28H2,1-2H3. The van der Waals surface area contributed by atoms with Crippen LogP contribution in [0.15, 0.2) is 60.9 Å². The molecule has 40 heavy (non-hydrogen) atoms. The van der Waals surface area contributed by atoms with Crippen molar-refractivity contribution in [1.29, 1.82) is 0 Å². The van der Waals surface area contributed by atoms with Crippen molar-refractivity contribution < 1.29 is 9.47 Å². The molecule has 0 unspecified atom stereocenters. The molecule has 0 N–H and O–H groups in total. The Morgan fingerprint density at radius 1 is 0.475 bits per heavy atom. The van der Waals surface area contributed by atoms with Gasteiger partial charge >= 0.3 is 0 Å². The van der Waals surface area contributed by atoms with Crippen molar-refractivity contribution in [3.05, 3.63) is 83.4 Å². The second-order valence-corrected chi connectivity index (χ2v) is 10.1. The summed E-state index contributed by atoms with van der Waals surface area (Å²) in [7, 11) is 0. The first-order chi connectivity index (χ1) is 19.8. The van der Waals surface area contributed by atoms with E-state index in [2.05, 4.69) is 47.5 Å². The van der Waals surface area contributed by atoms with Crippen LogP contribution in [0.1, 0.15) is 113 Å². The van der Waals surface area contributed by atoms with Crippen molar-refractivity contribution in [1.82, 2.24) is 9.97 Å². The molecule has 0 spiro atoms. The second-order valence-electron chi connectivity index (χ2n) is 10.1. The van der Waals surface area contributed by atoms with E-state index < -0.39 is 0 Å². The summed E-state index contributed by atoms with van der Waals surface area (Å²) >= 11 is 0.